The highest BCUT2D eigenvalue weighted by atomic mass is 19.4. The SMILES string of the molecule is NC(F)(c1ccccc1)C(F)(F)C(F)(F)F. The Hall–Kier alpha value is -1.24. The van der Waals surface area contributed by atoms with Crippen molar-refractivity contribution in [2.24, 2.45) is 5.73 Å². The van der Waals surface area contributed by atoms with E-state index in [1.165, 1.54) is 6.07 Å². The molecule has 1 nitrogen and oxygen atoms in total. The fraction of sp³-hybridized carbons (Fsp3) is 0.333. The van der Waals surface area contributed by atoms with Crippen LogP contribution in [-0.4, -0.2) is 12.1 Å². The summed E-state index contributed by atoms with van der Waals surface area (Å²) < 4.78 is 74.8. The fourth-order valence-electron chi connectivity index (χ4n) is 1.07. The van der Waals surface area contributed by atoms with Gasteiger partial charge in [0.2, 0.25) is 0 Å². The van der Waals surface area contributed by atoms with Crippen molar-refractivity contribution in [1.29, 1.82) is 0 Å². The molecule has 0 heterocycles. The van der Waals surface area contributed by atoms with E-state index in [-0.39, 0.29) is 0 Å². The smallest absolute Gasteiger partial charge is 0.290 e. The molecule has 0 aliphatic rings. The van der Waals surface area contributed by atoms with Gasteiger partial charge in [0.25, 0.3) is 5.79 Å². The van der Waals surface area contributed by atoms with E-state index in [9.17, 15) is 26.3 Å². The lowest BCUT2D eigenvalue weighted by Gasteiger charge is -2.31. The van der Waals surface area contributed by atoms with Gasteiger partial charge in [-0.15, -0.1) is 0 Å². The minimum absolute atomic E-state index is 0.764. The average molecular weight is 243 g/mol. The van der Waals surface area contributed by atoms with Crippen LogP contribution in [0.3, 0.4) is 0 Å². The predicted molar refractivity (Wildman–Crippen MR) is 44.4 cm³/mol. The highest BCUT2D eigenvalue weighted by molar-refractivity contribution is 5.24. The molecular formula is C9H7F6N. The van der Waals surface area contributed by atoms with Gasteiger partial charge < -0.3 is 0 Å². The zero-order valence-electron chi connectivity index (χ0n) is 7.73. The van der Waals surface area contributed by atoms with Gasteiger partial charge >= 0.3 is 12.1 Å². The summed E-state index contributed by atoms with van der Waals surface area (Å²) in [4.78, 5) is 0. The quantitative estimate of drug-likeness (QED) is 0.627. The number of hydrogen-bond donors (Lipinski definition) is 1. The summed E-state index contributed by atoms with van der Waals surface area (Å²) in [5, 5.41) is 0. The van der Waals surface area contributed by atoms with E-state index in [0.29, 0.717) is 0 Å². The average Bonchev–Trinajstić information content (AvgIpc) is 2.17. The molecule has 0 spiro atoms. The largest absolute Gasteiger partial charge is 0.458 e. The highest BCUT2D eigenvalue weighted by Crippen LogP contribution is 2.47. The van der Waals surface area contributed by atoms with Gasteiger partial charge in [0.1, 0.15) is 0 Å². The molecule has 0 aromatic heterocycles. The number of nitrogens with two attached hydrogens (primary N) is 1. The monoisotopic (exact) mass is 243 g/mol. The summed E-state index contributed by atoms with van der Waals surface area (Å²) >= 11 is 0. The second kappa shape index (κ2) is 3.65. The zero-order valence-corrected chi connectivity index (χ0v) is 7.73. The Morgan fingerprint density at radius 1 is 0.812 bits per heavy atom. The van der Waals surface area contributed by atoms with E-state index in [0.717, 1.165) is 24.3 Å². The van der Waals surface area contributed by atoms with Gasteiger partial charge in [-0.2, -0.15) is 22.0 Å². The molecule has 0 fully saturated rings. The van der Waals surface area contributed by atoms with Crippen molar-refractivity contribution in [3.8, 4) is 0 Å². The molecule has 0 saturated heterocycles. The summed E-state index contributed by atoms with van der Waals surface area (Å²) in [5.41, 5.74) is 3.53. The molecule has 0 aliphatic heterocycles. The summed E-state index contributed by atoms with van der Waals surface area (Å²) in [6.45, 7) is 0. The second-order valence-electron chi connectivity index (χ2n) is 3.15. The Kier molecular flexibility index (Phi) is 2.93. The van der Waals surface area contributed by atoms with Gasteiger partial charge in [-0.05, 0) is 0 Å². The van der Waals surface area contributed by atoms with Crippen LogP contribution in [0.5, 0.6) is 0 Å². The molecule has 0 amide bonds. The van der Waals surface area contributed by atoms with E-state index in [2.05, 4.69) is 5.73 Å². The standard InChI is InChI=1S/C9H7F6N/c10-7(16,6-4-2-1-3-5-6)8(11,12)9(13,14)15/h1-5H,16H2. The topological polar surface area (TPSA) is 26.0 Å². The first kappa shape index (κ1) is 12.8. The molecule has 1 atom stereocenters. The van der Waals surface area contributed by atoms with Crippen molar-refractivity contribution >= 4 is 0 Å². The Morgan fingerprint density at radius 3 is 1.62 bits per heavy atom. The van der Waals surface area contributed by atoms with Gasteiger partial charge in [-0.3, -0.25) is 5.73 Å². The minimum atomic E-state index is -6.05. The van der Waals surface area contributed by atoms with Gasteiger partial charge in [0, 0.05) is 5.56 Å². The molecule has 0 aliphatic carbocycles. The van der Waals surface area contributed by atoms with Crippen molar-refractivity contribution in [2.75, 3.05) is 0 Å². The lowest BCUT2D eigenvalue weighted by atomic mass is 9.98. The highest BCUT2D eigenvalue weighted by Gasteiger charge is 2.70. The molecule has 16 heavy (non-hydrogen) atoms. The maximum Gasteiger partial charge on any atom is 0.458 e. The number of benzene rings is 1. The van der Waals surface area contributed by atoms with Crippen molar-refractivity contribution in [2.45, 2.75) is 17.9 Å². The molecule has 7 heteroatoms. The predicted octanol–water partition coefficient (Wildman–Crippen LogP) is 2.97. The second-order valence-corrected chi connectivity index (χ2v) is 3.15. The van der Waals surface area contributed by atoms with Crippen molar-refractivity contribution in [1.82, 2.24) is 0 Å². The van der Waals surface area contributed by atoms with Crippen molar-refractivity contribution in [3.63, 3.8) is 0 Å². The summed E-state index contributed by atoms with van der Waals surface area (Å²) in [6, 6.07) is 5.09. The van der Waals surface area contributed by atoms with Crippen LogP contribution in [-0.2, 0) is 5.79 Å². The molecule has 0 radical (unpaired) electrons. The van der Waals surface area contributed by atoms with E-state index >= 15 is 0 Å². The lowest BCUT2D eigenvalue weighted by Crippen LogP contribution is -2.57. The van der Waals surface area contributed by atoms with Crippen LogP contribution in [0.25, 0.3) is 0 Å². The summed E-state index contributed by atoms with van der Waals surface area (Å²) in [5.74, 6) is -9.94. The fourth-order valence-corrected chi connectivity index (χ4v) is 1.07. The van der Waals surface area contributed by atoms with Gasteiger partial charge in [-0.25, -0.2) is 4.39 Å². The van der Waals surface area contributed by atoms with Gasteiger partial charge in [-0.1, -0.05) is 30.3 Å². The molecule has 1 aromatic rings. The maximum absolute atomic E-state index is 13.4. The molecule has 1 rings (SSSR count). The first-order chi connectivity index (χ1) is 7.11. The third-order valence-corrected chi connectivity index (χ3v) is 2.01. The molecule has 2 N–H and O–H groups in total. The lowest BCUT2D eigenvalue weighted by molar-refractivity contribution is -0.330. The first-order valence-corrected chi connectivity index (χ1v) is 4.08. The Labute approximate surface area is 86.9 Å². The maximum atomic E-state index is 13.4. The van der Waals surface area contributed by atoms with Gasteiger partial charge in [0.05, 0.1) is 0 Å². The number of halogens is 6. The molecule has 90 valence electrons. The molecular weight excluding hydrogens is 236 g/mol. The van der Waals surface area contributed by atoms with Crippen LogP contribution in [0.4, 0.5) is 26.3 Å². The van der Waals surface area contributed by atoms with Gasteiger partial charge in [0.15, 0.2) is 0 Å². The van der Waals surface area contributed by atoms with Crippen LogP contribution in [0.1, 0.15) is 5.56 Å². The van der Waals surface area contributed by atoms with Crippen LogP contribution in [0.15, 0.2) is 30.3 Å². The molecule has 0 bridgehead atoms. The Bertz CT molecular complexity index is 356. The number of hydrogen-bond acceptors (Lipinski definition) is 1. The van der Waals surface area contributed by atoms with Crippen LogP contribution in [0.2, 0.25) is 0 Å². The minimum Gasteiger partial charge on any atom is -0.290 e. The normalized spacial score (nSPS) is 16.9. The van der Waals surface area contributed by atoms with E-state index in [1.54, 1.807) is 0 Å². The molecule has 0 saturated carbocycles. The van der Waals surface area contributed by atoms with Crippen molar-refractivity contribution in [3.05, 3.63) is 35.9 Å². The van der Waals surface area contributed by atoms with E-state index in [1.807, 2.05) is 0 Å². The summed E-state index contributed by atoms with van der Waals surface area (Å²) in [7, 11) is 0. The van der Waals surface area contributed by atoms with E-state index in [4.69, 9.17) is 0 Å². The summed E-state index contributed by atoms with van der Waals surface area (Å²) in [6.07, 6.45) is -6.05. The van der Waals surface area contributed by atoms with Crippen LogP contribution >= 0.6 is 0 Å². The first-order valence-electron chi connectivity index (χ1n) is 4.08. The van der Waals surface area contributed by atoms with E-state index < -0.39 is 23.5 Å². The Morgan fingerprint density at radius 2 is 1.25 bits per heavy atom. The molecule has 1 unspecified atom stereocenters. The third kappa shape index (κ3) is 1.87. The number of alkyl halides is 6. The molecule has 1 aromatic carbocycles. The number of rotatable bonds is 2. The van der Waals surface area contributed by atoms with Crippen molar-refractivity contribution < 1.29 is 26.3 Å². The Balaban J connectivity index is 3.22. The van der Waals surface area contributed by atoms with Crippen LogP contribution < -0.4 is 5.73 Å². The third-order valence-electron chi connectivity index (χ3n) is 2.01. The van der Waals surface area contributed by atoms with Crippen LogP contribution in [0, 0.1) is 0 Å². The zero-order chi connectivity index (χ0) is 12.6.